The molecule has 86 valence electrons. The van der Waals surface area contributed by atoms with Gasteiger partial charge < -0.3 is 15.1 Å². The third-order valence-corrected chi connectivity index (χ3v) is 2.98. The molecule has 0 fully saturated rings. The molecule has 0 saturated heterocycles. The van der Waals surface area contributed by atoms with Gasteiger partial charge in [-0.05, 0) is 26.3 Å². The summed E-state index contributed by atoms with van der Waals surface area (Å²) in [6, 6.07) is 2.06. The van der Waals surface area contributed by atoms with Crippen LogP contribution in [0, 0.1) is 6.92 Å². The SMILES string of the molecule is CSCCN(C)Cc1cc(CN)oc1C. The molecule has 0 aliphatic carbocycles. The van der Waals surface area contributed by atoms with Gasteiger partial charge in [-0.1, -0.05) is 0 Å². The van der Waals surface area contributed by atoms with E-state index in [1.54, 1.807) is 0 Å². The van der Waals surface area contributed by atoms with E-state index >= 15 is 0 Å². The Hall–Kier alpha value is -0.450. The standard InChI is InChI=1S/C11H20N2OS/c1-9-10(6-11(7-12)14-9)8-13(2)4-5-15-3/h6H,4-5,7-8,12H2,1-3H3. The molecule has 2 N–H and O–H groups in total. The quantitative estimate of drug-likeness (QED) is 0.807. The van der Waals surface area contributed by atoms with E-state index in [4.69, 9.17) is 10.2 Å². The molecule has 0 radical (unpaired) electrons. The molecule has 1 rings (SSSR count). The monoisotopic (exact) mass is 228 g/mol. The number of hydrogen-bond donors (Lipinski definition) is 1. The molecule has 1 aromatic heterocycles. The van der Waals surface area contributed by atoms with Gasteiger partial charge in [0.15, 0.2) is 0 Å². The van der Waals surface area contributed by atoms with E-state index in [-0.39, 0.29) is 0 Å². The fourth-order valence-electron chi connectivity index (χ4n) is 1.46. The van der Waals surface area contributed by atoms with Crippen molar-refractivity contribution in [1.82, 2.24) is 4.90 Å². The second kappa shape index (κ2) is 6.20. The van der Waals surface area contributed by atoms with Crippen molar-refractivity contribution in [2.75, 3.05) is 25.6 Å². The van der Waals surface area contributed by atoms with Crippen LogP contribution in [0.2, 0.25) is 0 Å². The molecular weight excluding hydrogens is 208 g/mol. The molecule has 0 aliphatic heterocycles. The molecule has 0 unspecified atom stereocenters. The number of aryl methyl sites for hydroxylation is 1. The van der Waals surface area contributed by atoms with Crippen molar-refractivity contribution in [1.29, 1.82) is 0 Å². The minimum absolute atomic E-state index is 0.482. The van der Waals surface area contributed by atoms with Gasteiger partial charge in [0, 0.05) is 24.4 Å². The fraction of sp³-hybridized carbons (Fsp3) is 0.636. The molecular formula is C11H20N2OS. The molecule has 0 amide bonds. The molecule has 0 bridgehead atoms. The van der Waals surface area contributed by atoms with Crippen molar-refractivity contribution < 1.29 is 4.42 Å². The van der Waals surface area contributed by atoms with Crippen molar-refractivity contribution in [3.8, 4) is 0 Å². The van der Waals surface area contributed by atoms with Gasteiger partial charge in [0.1, 0.15) is 11.5 Å². The normalized spacial score (nSPS) is 11.3. The topological polar surface area (TPSA) is 42.4 Å². The van der Waals surface area contributed by atoms with Crippen LogP contribution in [0.4, 0.5) is 0 Å². The molecule has 1 aromatic rings. The van der Waals surface area contributed by atoms with E-state index in [1.165, 1.54) is 5.56 Å². The first kappa shape index (κ1) is 12.6. The Bertz CT molecular complexity index is 299. The maximum Gasteiger partial charge on any atom is 0.118 e. The van der Waals surface area contributed by atoms with Crippen molar-refractivity contribution >= 4 is 11.8 Å². The number of thioether (sulfide) groups is 1. The van der Waals surface area contributed by atoms with Crippen LogP contribution in [0.1, 0.15) is 17.1 Å². The maximum absolute atomic E-state index is 5.53. The third kappa shape index (κ3) is 3.89. The summed E-state index contributed by atoms with van der Waals surface area (Å²) >= 11 is 1.87. The first-order chi connectivity index (χ1) is 7.17. The molecule has 3 nitrogen and oxygen atoms in total. The van der Waals surface area contributed by atoms with Crippen molar-refractivity contribution in [3.05, 3.63) is 23.2 Å². The Morgan fingerprint density at radius 2 is 2.27 bits per heavy atom. The van der Waals surface area contributed by atoms with Gasteiger partial charge in [0.25, 0.3) is 0 Å². The Morgan fingerprint density at radius 1 is 1.53 bits per heavy atom. The number of rotatable bonds is 6. The lowest BCUT2D eigenvalue weighted by Crippen LogP contribution is -2.20. The van der Waals surface area contributed by atoms with Gasteiger partial charge in [0.05, 0.1) is 6.54 Å². The van der Waals surface area contributed by atoms with Crippen molar-refractivity contribution in [2.45, 2.75) is 20.0 Å². The Balaban J connectivity index is 2.51. The maximum atomic E-state index is 5.53. The summed E-state index contributed by atoms with van der Waals surface area (Å²) < 4.78 is 5.51. The van der Waals surface area contributed by atoms with Crippen LogP contribution in [-0.4, -0.2) is 30.5 Å². The second-order valence-corrected chi connectivity index (χ2v) is 4.71. The average molecular weight is 228 g/mol. The first-order valence-electron chi connectivity index (χ1n) is 5.13. The van der Waals surface area contributed by atoms with Gasteiger partial charge in [-0.25, -0.2) is 0 Å². The summed E-state index contributed by atoms with van der Waals surface area (Å²) in [5.74, 6) is 3.03. The lowest BCUT2D eigenvalue weighted by Gasteiger charge is -2.14. The highest BCUT2D eigenvalue weighted by Crippen LogP contribution is 2.15. The average Bonchev–Trinajstić information content (AvgIpc) is 2.57. The summed E-state index contributed by atoms with van der Waals surface area (Å²) in [5, 5.41) is 0. The minimum Gasteiger partial charge on any atom is -0.465 e. The molecule has 1 heterocycles. The van der Waals surface area contributed by atoms with Crippen LogP contribution in [0.15, 0.2) is 10.5 Å². The van der Waals surface area contributed by atoms with Crippen molar-refractivity contribution in [2.24, 2.45) is 5.73 Å². The van der Waals surface area contributed by atoms with Crippen LogP contribution in [-0.2, 0) is 13.1 Å². The van der Waals surface area contributed by atoms with Crippen LogP contribution >= 0.6 is 11.8 Å². The number of hydrogen-bond acceptors (Lipinski definition) is 4. The van der Waals surface area contributed by atoms with E-state index in [2.05, 4.69) is 24.3 Å². The van der Waals surface area contributed by atoms with Gasteiger partial charge >= 0.3 is 0 Å². The van der Waals surface area contributed by atoms with E-state index in [0.717, 1.165) is 30.4 Å². The number of nitrogens with zero attached hydrogens (tertiary/aromatic N) is 1. The van der Waals surface area contributed by atoms with E-state index in [0.29, 0.717) is 6.54 Å². The lowest BCUT2D eigenvalue weighted by atomic mass is 10.2. The van der Waals surface area contributed by atoms with Crippen LogP contribution in [0.25, 0.3) is 0 Å². The van der Waals surface area contributed by atoms with Gasteiger partial charge in [-0.2, -0.15) is 11.8 Å². The zero-order chi connectivity index (χ0) is 11.3. The Kier molecular flexibility index (Phi) is 5.22. The first-order valence-corrected chi connectivity index (χ1v) is 6.52. The second-order valence-electron chi connectivity index (χ2n) is 3.73. The highest BCUT2D eigenvalue weighted by molar-refractivity contribution is 7.98. The molecule has 4 heteroatoms. The van der Waals surface area contributed by atoms with E-state index in [9.17, 15) is 0 Å². The highest BCUT2D eigenvalue weighted by Gasteiger charge is 2.08. The van der Waals surface area contributed by atoms with Crippen LogP contribution < -0.4 is 5.73 Å². The molecule has 0 saturated carbocycles. The van der Waals surface area contributed by atoms with E-state index in [1.807, 2.05) is 18.7 Å². The number of nitrogens with two attached hydrogens (primary N) is 1. The Morgan fingerprint density at radius 3 is 2.80 bits per heavy atom. The van der Waals surface area contributed by atoms with Gasteiger partial charge in [-0.15, -0.1) is 0 Å². The lowest BCUT2D eigenvalue weighted by molar-refractivity contribution is 0.345. The predicted octanol–water partition coefficient (Wildman–Crippen LogP) is 1.84. The molecule has 0 atom stereocenters. The molecule has 0 spiro atoms. The van der Waals surface area contributed by atoms with Gasteiger partial charge in [-0.3, -0.25) is 0 Å². The van der Waals surface area contributed by atoms with Crippen LogP contribution in [0.3, 0.4) is 0 Å². The highest BCUT2D eigenvalue weighted by atomic mass is 32.2. The summed E-state index contributed by atoms with van der Waals surface area (Å²) in [7, 11) is 2.13. The summed E-state index contributed by atoms with van der Waals surface area (Å²) in [5.41, 5.74) is 6.78. The fourth-order valence-corrected chi connectivity index (χ4v) is 1.96. The summed E-state index contributed by atoms with van der Waals surface area (Å²) in [4.78, 5) is 2.30. The number of furan rings is 1. The largest absolute Gasteiger partial charge is 0.465 e. The summed E-state index contributed by atoms with van der Waals surface area (Å²) in [6.07, 6.45) is 2.13. The molecule has 0 aromatic carbocycles. The van der Waals surface area contributed by atoms with Gasteiger partial charge in [0.2, 0.25) is 0 Å². The molecule has 15 heavy (non-hydrogen) atoms. The minimum atomic E-state index is 0.482. The van der Waals surface area contributed by atoms with E-state index < -0.39 is 0 Å². The third-order valence-electron chi connectivity index (χ3n) is 2.39. The zero-order valence-corrected chi connectivity index (χ0v) is 10.6. The van der Waals surface area contributed by atoms with Crippen molar-refractivity contribution in [3.63, 3.8) is 0 Å². The molecule has 0 aliphatic rings. The predicted molar refractivity (Wildman–Crippen MR) is 66.1 cm³/mol. The Labute approximate surface area is 96.0 Å². The smallest absolute Gasteiger partial charge is 0.118 e. The summed E-state index contributed by atoms with van der Waals surface area (Å²) in [6.45, 7) is 4.52. The zero-order valence-electron chi connectivity index (χ0n) is 9.75. The van der Waals surface area contributed by atoms with Crippen LogP contribution in [0.5, 0.6) is 0 Å².